The number of benzene rings is 1. The van der Waals surface area contributed by atoms with Crippen LogP contribution in [0.4, 0.5) is 0 Å². The van der Waals surface area contributed by atoms with E-state index in [4.69, 9.17) is 0 Å². The average Bonchev–Trinajstić information content (AvgIpc) is 3.09. The van der Waals surface area contributed by atoms with Crippen LogP contribution in [0, 0.1) is 6.92 Å². The van der Waals surface area contributed by atoms with Crippen molar-refractivity contribution in [2.24, 2.45) is 0 Å². The Balaban J connectivity index is 1.32. The standard InChI is InChI=1S/C20H24N2O2S2/c1-15-3-2-4-16(11-15)13-25-14-19(23)21-8-5-20(24)22-9-6-18-17(12-22)7-10-26-18/h2-4,7,10-11H,5-6,8-9,12-14H2,1H3,(H,21,23). The van der Waals surface area contributed by atoms with Gasteiger partial charge in [0, 0.05) is 36.7 Å². The number of rotatable bonds is 7. The molecule has 1 aromatic heterocycles. The second kappa shape index (κ2) is 9.24. The fraction of sp³-hybridized carbons (Fsp3) is 0.400. The molecule has 2 heterocycles. The Morgan fingerprint density at radius 1 is 1.31 bits per heavy atom. The van der Waals surface area contributed by atoms with E-state index in [-0.39, 0.29) is 11.8 Å². The highest BCUT2D eigenvalue weighted by Crippen LogP contribution is 2.24. The highest BCUT2D eigenvalue weighted by atomic mass is 32.2. The predicted molar refractivity (Wildman–Crippen MR) is 108 cm³/mol. The molecule has 1 aliphatic heterocycles. The maximum absolute atomic E-state index is 12.3. The van der Waals surface area contributed by atoms with Gasteiger partial charge in [-0.1, -0.05) is 29.8 Å². The van der Waals surface area contributed by atoms with Gasteiger partial charge in [-0.05, 0) is 35.9 Å². The summed E-state index contributed by atoms with van der Waals surface area (Å²) in [5.41, 5.74) is 3.74. The molecule has 0 unspecified atom stereocenters. The van der Waals surface area contributed by atoms with Gasteiger partial charge in [0.1, 0.15) is 0 Å². The number of fused-ring (bicyclic) bond motifs is 1. The van der Waals surface area contributed by atoms with E-state index in [1.807, 2.05) is 11.0 Å². The van der Waals surface area contributed by atoms with E-state index < -0.39 is 0 Å². The molecule has 2 amide bonds. The molecule has 2 aromatic rings. The normalized spacial score (nSPS) is 13.3. The number of nitrogens with zero attached hydrogens (tertiary/aromatic N) is 1. The van der Waals surface area contributed by atoms with E-state index in [9.17, 15) is 9.59 Å². The Hall–Kier alpha value is -1.79. The lowest BCUT2D eigenvalue weighted by atomic mass is 10.1. The minimum absolute atomic E-state index is 0.00535. The van der Waals surface area contributed by atoms with Crippen molar-refractivity contribution in [3.05, 3.63) is 57.3 Å². The summed E-state index contributed by atoms with van der Waals surface area (Å²) in [6.07, 6.45) is 1.31. The van der Waals surface area contributed by atoms with Gasteiger partial charge in [0.05, 0.1) is 5.75 Å². The van der Waals surface area contributed by atoms with Gasteiger partial charge in [0.15, 0.2) is 0 Å². The molecule has 26 heavy (non-hydrogen) atoms. The number of hydrogen-bond acceptors (Lipinski definition) is 4. The molecule has 0 fully saturated rings. The lowest BCUT2D eigenvalue weighted by Gasteiger charge is -2.27. The van der Waals surface area contributed by atoms with E-state index in [1.165, 1.54) is 21.6 Å². The smallest absolute Gasteiger partial charge is 0.230 e. The predicted octanol–water partition coefficient (Wildman–Crippen LogP) is 3.38. The van der Waals surface area contributed by atoms with Crippen LogP contribution in [0.15, 0.2) is 35.7 Å². The second-order valence-corrected chi connectivity index (χ2v) is 8.50. The van der Waals surface area contributed by atoms with Crippen molar-refractivity contribution >= 4 is 34.9 Å². The van der Waals surface area contributed by atoms with E-state index in [0.717, 1.165) is 18.7 Å². The molecule has 0 radical (unpaired) electrons. The van der Waals surface area contributed by atoms with E-state index in [0.29, 0.717) is 25.3 Å². The van der Waals surface area contributed by atoms with Crippen molar-refractivity contribution < 1.29 is 9.59 Å². The molecule has 3 rings (SSSR count). The van der Waals surface area contributed by atoms with Gasteiger partial charge in [0.25, 0.3) is 0 Å². The van der Waals surface area contributed by atoms with Crippen LogP contribution in [0.1, 0.15) is 28.0 Å². The molecular formula is C20H24N2O2S2. The van der Waals surface area contributed by atoms with Crippen molar-refractivity contribution in [1.82, 2.24) is 10.2 Å². The molecule has 4 nitrogen and oxygen atoms in total. The molecule has 0 aliphatic carbocycles. The zero-order valence-corrected chi connectivity index (χ0v) is 16.6. The Kier molecular flexibility index (Phi) is 6.74. The summed E-state index contributed by atoms with van der Waals surface area (Å²) in [4.78, 5) is 27.5. The first-order valence-corrected chi connectivity index (χ1v) is 10.9. The van der Waals surface area contributed by atoms with Crippen LogP contribution in [-0.2, 0) is 28.3 Å². The summed E-state index contributed by atoms with van der Waals surface area (Å²) in [6.45, 7) is 3.97. The number of thioether (sulfide) groups is 1. The summed E-state index contributed by atoms with van der Waals surface area (Å²) >= 11 is 3.37. The maximum atomic E-state index is 12.3. The van der Waals surface area contributed by atoms with Crippen LogP contribution in [0.5, 0.6) is 0 Å². The molecule has 6 heteroatoms. The quantitative estimate of drug-likeness (QED) is 0.791. The molecule has 0 atom stereocenters. The minimum atomic E-state index is -0.00535. The van der Waals surface area contributed by atoms with Crippen LogP contribution in [0.25, 0.3) is 0 Å². The Bertz CT molecular complexity index is 773. The van der Waals surface area contributed by atoms with Gasteiger partial charge < -0.3 is 10.2 Å². The highest BCUT2D eigenvalue weighted by Gasteiger charge is 2.21. The van der Waals surface area contributed by atoms with E-state index in [1.54, 1.807) is 23.1 Å². The Labute approximate surface area is 163 Å². The number of amides is 2. The van der Waals surface area contributed by atoms with Crippen LogP contribution in [0.3, 0.4) is 0 Å². The third-order valence-corrected chi connectivity index (χ3v) is 6.43. The molecule has 1 aliphatic rings. The lowest BCUT2D eigenvalue weighted by Crippen LogP contribution is -2.37. The first-order chi connectivity index (χ1) is 12.6. The molecule has 0 saturated heterocycles. The van der Waals surface area contributed by atoms with Crippen molar-refractivity contribution in [2.75, 3.05) is 18.8 Å². The van der Waals surface area contributed by atoms with Crippen molar-refractivity contribution in [2.45, 2.75) is 32.1 Å². The van der Waals surface area contributed by atoms with Crippen LogP contribution in [0.2, 0.25) is 0 Å². The van der Waals surface area contributed by atoms with Gasteiger partial charge in [-0.25, -0.2) is 0 Å². The molecule has 1 aromatic carbocycles. The average molecular weight is 389 g/mol. The number of nitrogens with one attached hydrogen (secondary N) is 1. The number of aryl methyl sites for hydroxylation is 1. The Morgan fingerprint density at radius 3 is 3.04 bits per heavy atom. The summed E-state index contributed by atoms with van der Waals surface area (Å²) in [7, 11) is 0. The molecular weight excluding hydrogens is 364 g/mol. The SMILES string of the molecule is Cc1cccc(CSCC(=O)NCCC(=O)N2CCc3sccc3C2)c1. The van der Waals surface area contributed by atoms with Gasteiger partial charge in [-0.2, -0.15) is 0 Å². The van der Waals surface area contributed by atoms with Crippen LogP contribution >= 0.6 is 23.1 Å². The number of carbonyl (C=O) groups is 2. The van der Waals surface area contributed by atoms with Gasteiger partial charge in [-0.15, -0.1) is 23.1 Å². The second-order valence-electron chi connectivity index (χ2n) is 6.52. The van der Waals surface area contributed by atoms with Crippen molar-refractivity contribution in [1.29, 1.82) is 0 Å². The zero-order valence-electron chi connectivity index (χ0n) is 15.0. The lowest BCUT2D eigenvalue weighted by molar-refractivity contribution is -0.132. The van der Waals surface area contributed by atoms with Gasteiger partial charge >= 0.3 is 0 Å². The van der Waals surface area contributed by atoms with Crippen LogP contribution < -0.4 is 5.32 Å². The monoisotopic (exact) mass is 388 g/mol. The summed E-state index contributed by atoms with van der Waals surface area (Å²) < 4.78 is 0. The fourth-order valence-electron chi connectivity index (χ4n) is 3.04. The molecule has 0 spiro atoms. The third-order valence-electron chi connectivity index (χ3n) is 4.41. The first kappa shape index (κ1) is 19.0. The number of hydrogen-bond donors (Lipinski definition) is 1. The zero-order chi connectivity index (χ0) is 18.4. The van der Waals surface area contributed by atoms with Gasteiger partial charge in [0.2, 0.25) is 11.8 Å². The largest absolute Gasteiger partial charge is 0.355 e. The number of carbonyl (C=O) groups excluding carboxylic acids is 2. The molecule has 0 bridgehead atoms. The molecule has 1 N–H and O–H groups in total. The number of thiophene rings is 1. The van der Waals surface area contributed by atoms with Crippen molar-refractivity contribution in [3.8, 4) is 0 Å². The van der Waals surface area contributed by atoms with Crippen molar-refractivity contribution in [3.63, 3.8) is 0 Å². The summed E-state index contributed by atoms with van der Waals surface area (Å²) in [5, 5.41) is 4.95. The molecule has 0 saturated carbocycles. The topological polar surface area (TPSA) is 49.4 Å². The summed E-state index contributed by atoms with van der Waals surface area (Å²) in [6, 6.07) is 10.4. The molecule has 138 valence electrons. The fourth-order valence-corrected chi connectivity index (χ4v) is 4.74. The van der Waals surface area contributed by atoms with Crippen LogP contribution in [-0.4, -0.2) is 35.6 Å². The third kappa shape index (κ3) is 5.35. The van der Waals surface area contributed by atoms with E-state index in [2.05, 4.69) is 41.9 Å². The highest BCUT2D eigenvalue weighted by molar-refractivity contribution is 7.99. The maximum Gasteiger partial charge on any atom is 0.230 e. The van der Waals surface area contributed by atoms with Gasteiger partial charge in [-0.3, -0.25) is 9.59 Å². The Morgan fingerprint density at radius 2 is 2.19 bits per heavy atom. The van der Waals surface area contributed by atoms with E-state index >= 15 is 0 Å². The first-order valence-electron chi connectivity index (χ1n) is 8.85. The minimum Gasteiger partial charge on any atom is -0.355 e. The summed E-state index contributed by atoms with van der Waals surface area (Å²) in [5.74, 6) is 1.36.